The molecular weight excluding hydrogens is 430 g/mol. The van der Waals surface area contributed by atoms with Gasteiger partial charge >= 0.3 is 5.97 Å². The highest BCUT2D eigenvalue weighted by Gasteiger charge is 2.36. The van der Waals surface area contributed by atoms with Gasteiger partial charge in [0.2, 0.25) is 0 Å². The summed E-state index contributed by atoms with van der Waals surface area (Å²) in [4.78, 5) is 14.4. The normalized spacial score (nSPS) is 19.7. The molecular formula is C25H22ClNO5. The number of rotatable bonds is 9. The van der Waals surface area contributed by atoms with Crippen molar-refractivity contribution < 1.29 is 24.1 Å². The molecule has 0 spiro atoms. The minimum atomic E-state index is -1.05. The van der Waals surface area contributed by atoms with Gasteiger partial charge in [0, 0.05) is 5.39 Å². The molecule has 2 unspecified atom stereocenters. The van der Waals surface area contributed by atoms with Crippen LogP contribution in [-0.2, 0) is 16.1 Å². The number of nitrogens with zero attached hydrogens (tertiary/aromatic N) is 1. The van der Waals surface area contributed by atoms with Crippen LogP contribution < -0.4 is 9.47 Å². The smallest absolute Gasteiger partial charge is 0.329 e. The fourth-order valence-corrected chi connectivity index (χ4v) is 3.56. The average molecular weight is 452 g/mol. The number of aliphatic carboxylic acids is 1. The third-order valence-corrected chi connectivity index (χ3v) is 5.41. The first-order chi connectivity index (χ1) is 15.5. The molecule has 0 saturated carbocycles. The third kappa shape index (κ3) is 5.46. The van der Waals surface area contributed by atoms with E-state index in [1.807, 2.05) is 48.5 Å². The number of hydrogen-bond acceptors (Lipinski definition) is 5. The molecule has 0 bridgehead atoms. The molecule has 0 radical (unpaired) electrons. The Morgan fingerprint density at radius 3 is 2.53 bits per heavy atom. The van der Waals surface area contributed by atoms with Crippen LogP contribution in [0.25, 0.3) is 10.9 Å². The zero-order valence-corrected chi connectivity index (χ0v) is 17.9. The van der Waals surface area contributed by atoms with E-state index in [4.69, 9.17) is 30.9 Å². The molecule has 0 fully saturated rings. The second kappa shape index (κ2) is 9.85. The molecule has 4 rings (SSSR count). The van der Waals surface area contributed by atoms with E-state index < -0.39 is 23.6 Å². The van der Waals surface area contributed by atoms with Crippen molar-refractivity contribution in [2.24, 2.45) is 0 Å². The second-order valence-electron chi connectivity index (χ2n) is 7.34. The number of para-hydroxylation sites is 1. The monoisotopic (exact) mass is 451 g/mol. The highest BCUT2D eigenvalue weighted by atomic mass is 35.5. The number of fused-ring (bicyclic) bond motifs is 1. The fraction of sp³-hybridized carbons (Fsp3) is 0.200. The Balaban J connectivity index is 1.32. The van der Waals surface area contributed by atoms with Crippen LogP contribution in [0.4, 0.5) is 0 Å². The SMILES string of the molecule is O=C(O)COC1C=CC=CC1(Cl)COc1ccc(OCc2ccc3ccccc3n2)cc1. The molecule has 1 aliphatic carbocycles. The summed E-state index contributed by atoms with van der Waals surface area (Å²) in [6.07, 6.45) is 6.41. The molecule has 2 atom stereocenters. The van der Waals surface area contributed by atoms with Gasteiger partial charge in [-0.1, -0.05) is 48.6 Å². The molecule has 32 heavy (non-hydrogen) atoms. The van der Waals surface area contributed by atoms with Crippen molar-refractivity contribution in [2.45, 2.75) is 17.6 Å². The lowest BCUT2D eigenvalue weighted by Crippen LogP contribution is -2.43. The number of carboxylic acids is 1. The van der Waals surface area contributed by atoms with E-state index in [1.165, 1.54) is 0 Å². The maximum atomic E-state index is 10.8. The Kier molecular flexibility index (Phi) is 6.73. The van der Waals surface area contributed by atoms with Crippen molar-refractivity contribution in [1.82, 2.24) is 4.98 Å². The van der Waals surface area contributed by atoms with E-state index in [1.54, 1.807) is 36.4 Å². The molecule has 0 aliphatic heterocycles. The number of alkyl halides is 1. The fourth-order valence-electron chi connectivity index (χ4n) is 3.29. The number of pyridine rings is 1. The number of benzene rings is 2. The van der Waals surface area contributed by atoms with E-state index in [-0.39, 0.29) is 6.61 Å². The highest BCUT2D eigenvalue weighted by Crippen LogP contribution is 2.30. The van der Waals surface area contributed by atoms with Gasteiger partial charge in [0.1, 0.15) is 42.3 Å². The lowest BCUT2D eigenvalue weighted by Gasteiger charge is -2.32. The molecule has 0 amide bonds. The highest BCUT2D eigenvalue weighted by molar-refractivity contribution is 6.26. The summed E-state index contributed by atoms with van der Waals surface area (Å²) in [5.41, 5.74) is 1.78. The lowest BCUT2D eigenvalue weighted by atomic mass is 9.97. The minimum absolute atomic E-state index is 0.112. The van der Waals surface area contributed by atoms with Gasteiger partial charge in [-0.05, 0) is 36.4 Å². The minimum Gasteiger partial charge on any atom is -0.491 e. The van der Waals surface area contributed by atoms with Gasteiger partial charge in [0.05, 0.1) is 11.2 Å². The van der Waals surface area contributed by atoms with Gasteiger partial charge in [-0.25, -0.2) is 9.78 Å². The second-order valence-corrected chi connectivity index (χ2v) is 8.04. The number of aromatic nitrogens is 1. The van der Waals surface area contributed by atoms with E-state index in [9.17, 15) is 4.79 Å². The Hall–Kier alpha value is -3.35. The van der Waals surface area contributed by atoms with Crippen molar-refractivity contribution in [3.8, 4) is 11.5 Å². The van der Waals surface area contributed by atoms with Crippen LogP contribution in [0.5, 0.6) is 11.5 Å². The van der Waals surface area contributed by atoms with Gasteiger partial charge in [0.15, 0.2) is 0 Å². The van der Waals surface area contributed by atoms with E-state index in [2.05, 4.69) is 4.98 Å². The molecule has 1 aromatic heterocycles. The van der Waals surface area contributed by atoms with E-state index in [0.717, 1.165) is 16.6 Å². The Bertz CT molecular complexity index is 1140. The Morgan fingerprint density at radius 1 is 1.00 bits per heavy atom. The number of halogens is 1. The molecule has 1 N–H and O–H groups in total. The predicted octanol–water partition coefficient (Wildman–Crippen LogP) is 4.77. The van der Waals surface area contributed by atoms with Crippen molar-refractivity contribution in [2.75, 3.05) is 13.2 Å². The van der Waals surface area contributed by atoms with Crippen LogP contribution in [0.2, 0.25) is 0 Å². The van der Waals surface area contributed by atoms with Crippen LogP contribution in [0.3, 0.4) is 0 Å². The summed E-state index contributed by atoms with van der Waals surface area (Å²) in [5.74, 6) is 0.250. The summed E-state index contributed by atoms with van der Waals surface area (Å²) in [6.45, 7) is 0.0336. The van der Waals surface area contributed by atoms with Gasteiger partial charge < -0.3 is 19.3 Å². The standard InChI is InChI=1S/C25H22ClNO5/c26-25(14-4-3-7-23(25)31-16-24(28)29)17-32-21-12-10-20(11-13-21)30-15-19-9-8-18-5-1-2-6-22(18)27-19/h1-14,23H,15-17H2,(H,28,29). The van der Waals surface area contributed by atoms with Gasteiger partial charge in [-0.3, -0.25) is 0 Å². The Labute approximate surface area is 190 Å². The summed E-state index contributed by atoms with van der Waals surface area (Å²) >= 11 is 6.65. The summed E-state index contributed by atoms with van der Waals surface area (Å²) in [7, 11) is 0. The number of ether oxygens (including phenoxy) is 3. The average Bonchev–Trinajstić information content (AvgIpc) is 2.81. The lowest BCUT2D eigenvalue weighted by molar-refractivity contribution is -0.144. The summed E-state index contributed by atoms with van der Waals surface area (Å²) < 4.78 is 17.1. The number of carbonyl (C=O) groups is 1. The molecule has 0 saturated heterocycles. The molecule has 3 aromatic rings. The van der Waals surface area contributed by atoms with Crippen molar-refractivity contribution in [3.05, 3.63) is 90.7 Å². The Morgan fingerprint density at radius 2 is 1.75 bits per heavy atom. The summed E-state index contributed by atoms with van der Waals surface area (Å²) in [6, 6.07) is 19.1. The molecule has 6 nitrogen and oxygen atoms in total. The first-order valence-electron chi connectivity index (χ1n) is 10.1. The third-order valence-electron chi connectivity index (χ3n) is 4.96. The van der Waals surface area contributed by atoms with Crippen LogP contribution in [-0.4, -0.2) is 40.3 Å². The molecule has 1 heterocycles. The zero-order valence-electron chi connectivity index (χ0n) is 17.2. The maximum absolute atomic E-state index is 10.8. The van der Waals surface area contributed by atoms with E-state index >= 15 is 0 Å². The summed E-state index contributed by atoms with van der Waals surface area (Å²) in [5, 5.41) is 9.95. The molecule has 2 aromatic carbocycles. The topological polar surface area (TPSA) is 77.9 Å². The van der Waals surface area contributed by atoms with Crippen molar-refractivity contribution >= 4 is 28.5 Å². The van der Waals surface area contributed by atoms with Crippen LogP contribution in [0.15, 0.2) is 85.0 Å². The van der Waals surface area contributed by atoms with Gasteiger partial charge in [-0.2, -0.15) is 0 Å². The first-order valence-corrected chi connectivity index (χ1v) is 10.5. The molecule has 1 aliphatic rings. The van der Waals surface area contributed by atoms with E-state index in [0.29, 0.717) is 18.1 Å². The largest absolute Gasteiger partial charge is 0.491 e. The predicted molar refractivity (Wildman–Crippen MR) is 122 cm³/mol. The zero-order chi connectivity index (χ0) is 22.4. The number of allylic oxidation sites excluding steroid dienone is 2. The van der Waals surface area contributed by atoms with Crippen LogP contribution in [0, 0.1) is 0 Å². The first kappa shape index (κ1) is 21.9. The van der Waals surface area contributed by atoms with Crippen molar-refractivity contribution in [3.63, 3.8) is 0 Å². The number of hydrogen-bond donors (Lipinski definition) is 1. The molecule has 7 heteroatoms. The van der Waals surface area contributed by atoms with Gasteiger partial charge in [-0.15, -0.1) is 11.6 Å². The molecule has 164 valence electrons. The number of carboxylic acid groups (broad SMARTS) is 1. The van der Waals surface area contributed by atoms with Crippen molar-refractivity contribution in [1.29, 1.82) is 0 Å². The van der Waals surface area contributed by atoms with Crippen LogP contribution in [0.1, 0.15) is 5.69 Å². The van der Waals surface area contributed by atoms with Gasteiger partial charge in [0.25, 0.3) is 0 Å². The van der Waals surface area contributed by atoms with Crippen LogP contribution >= 0.6 is 11.6 Å². The maximum Gasteiger partial charge on any atom is 0.329 e. The quantitative estimate of drug-likeness (QED) is 0.472.